The van der Waals surface area contributed by atoms with Crippen LogP contribution in [0.15, 0.2) is 89.8 Å². The number of rotatable bonds is 11. The lowest BCUT2D eigenvalue weighted by Gasteiger charge is -2.33. The predicted octanol–water partition coefficient (Wildman–Crippen LogP) is 5.35. The molecule has 2 fully saturated rings. The van der Waals surface area contributed by atoms with Crippen molar-refractivity contribution in [3.63, 3.8) is 0 Å². The fraction of sp³-hybridized carbons (Fsp3) is 0.424. The largest absolute Gasteiger partial charge is 0.446 e. The first-order valence-corrected chi connectivity index (χ1v) is 16.1. The second-order valence-corrected chi connectivity index (χ2v) is 13.1. The monoisotopic (exact) mass is 575 g/mol. The van der Waals surface area contributed by atoms with Gasteiger partial charge in [0, 0.05) is 44.7 Å². The van der Waals surface area contributed by atoms with Gasteiger partial charge in [0.25, 0.3) is 0 Å². The number of carbonyl (C=O) groups is 1. The molecule has 1 aliphatic carbocycles. The molecule has 1 unspecified atom stereocenters. The molecule has 1 N–H and O–H groups in total. The highest BCUT2D eigenvalue weighted by atomic mass is 32.2. The number of aryl methyl sites for hydroxylation is 1. The van der Waals surface area contributed by atoms with E-state index in [0.29, 0.717) is 30.4 Å². The van der Waals surface area contributed by atoms with Crippen molar-refractivity contribution in [3.8, 4) is 0 Å². The quantitative estimate of drug-likeness (QED) is 0.333. The van der Waals surface area contributed by atoms with Crippen molar-refractivity contribution in [2.24, 2.45) is 5.92 Å². The molecule has 0 spiro atoms. The first-order chi connectivity index (χ1) is 19.8. The van der Waals surface area contributed by atoms with Crippen LogP contribution in [0.2, 0.25) is 0 Å². The van der Waals surface area contributed by atoms with Crippen LogP contribution in [0.25, 0.3) is 0 Å². The molecule has 5 rings (SSSR count). The van der Waals surface area contributed by atoms with E-state index in [1.54, 1.807) is 17.0 Å². The number of hydrogen-bond donors (Lipinski definition) is 1. The van der Waals surface area contributed by atoms with E-state index < -0.39 is 10.0 Å². The molecular formula is C33H41N3O4S. The summed E-state index contributed by atoms with van der Waals surface area (Å²) in [5.74, 6) is 0.352. The summed E-state index contributed by atoms with van der Waals surface area (Å²) in [6.07, 6.45) is 2.22. The molecule has 1 aliphatic heterocycles. The van der Waals surface area contributed by atoms with Gasteiger partial charge in [-0.2, -0.15) is 0 Å². The van der Waals surface area contributed by atoms with Crippen LogP contribution >= 0.6 is 0 Å². The zero-order valence-corrected chi connectivity index (χ0v) is 24.9. The van der Waals surface area contributed by atoms with Gasteiger partial charge in [0.2, 0.25) is 10.0 Å². The van der Waals surface area contributed by atoms with E-state index in [0.717, 1.165) is 50.0 Å². The Bertz CT molecular complexity index is 1410. The highest BCUT2D eigenvalue weighted by Gasteiger charge is 2.55. The van der Waals surface area contributed by atoms with Gasteiger partial charge in [0.15, 0.2) is 0 Å². The zero-order valence-electron chi connectivity index (χ0n) is 24.0. The fourth-order valence-corrected chi connectivity index (χ4v) is 7.42. The average molecular weight is 576 g/mol. The molecule has 2 atom stereocenters. The molecule has 3 aromatic rings. The van der Waals surface area contributed by atoms with Crippen LogP contribution in [-0.4, -0.2) is 63.1 Å². The van der Waals surface area contributed by atoms with Gasteiger partial charge in [0.05, 0.1) is 4.90 Å². The first kappa shape index (κ1) is 29.3. The summed E-state index contributed by atoms with van der Waals surface area (Å²) in [5.41, 5.74) is 2.79. The highest BCUT2D eigenvalue weighted by Crippen LogP contribution is 2.54. The van der Waals surface area contributed by atoms with Gasteiger partial charge in [-0.1, -0.05) is 78.9 Å². The van der Waals surface area contributed by atoms with E-state index in [4.69, 9.17) is 4.74 Å². The van der Waals surface area contributed by atoms with Gasteiger partial charge in [-0.25, -0.2) is 17.9 Å². The van der Waals surface area contributed by atoms with Crippen molar-refractivity contribution in [2.75, 3.05) is 32.7 Å². The number of piperidine rings is 1. The Labute approximate surface area is 244 Å². The minimum Gasteiger partial charge on any atom is -0.446 e. The molecule has 0 bridgehead atoms. The minimum atomic E-state index is -3.61. The van der Waals surface area contributed by atoms with E-state index in [2.05, 4.69) is 21.8 Å². The highest BCUT2D eigenvalue weighted by molar-refractivity contribution is 7.89. The van der Waals surface area contributed by atoms with E-state index >= 15 is 0 Å². The van der Waals surface area contributed by atoms with Crippen LogP contribution in [0.5, 0.6) is 0 Å². The Balaban J connectivity index is 1.16. The maximum absolute atomic E-state index is 13.2. The Kier molecular flexibility index (Phi) is 9.12. The second kappa shape index (κ2) is 12.8. The zero-order chi connectivity index (χ0) is 28.9. The molecular weight excluding hydrogens is 534 g/mol. The summed E-state index contributed by atoms with van der Waals surface area (Å²) in [6.45, 7) is 7.94. The molecule has 1 amide bonds. The lowest BCUT2D eigenvalue weighted by Crippen LogP contribution is -2.42. The number of hydrogen-bond acceptors (Lipinski definition) is 5. The number of amides is 1. The molecule has 8 heteroatoms. The summed E-state index contributed by atoms with van der Waals surface area (Å²) in [4.78, 5) is 17.4. The van der Waals surface area contributed by atoms with Crippen molar-refractivity contribution in [1.82, 2.24) is 14.5 Å². The minimum absolute atomic E-state index is 0.0809. The third-order valence-electron chi connectivity index (χ3n) is 8.68. The van der Waals surface area contributed by atoms with Crippen LogP contribution in [0, 0.1) is 12.8 Å². The molecule has 1 heterocycles. The van der Waals surface area contributed by atoms with Crippen LogP contribution in [-0.2, 0) is 26.7 Å². The maximum Gasteiger partial charge on any atom is 0.410 e. The van der Waals surface area contributed by atoms with E-state index in [-0.39, 0.29) is 17.6 Å². The molecule has 218 valence electrons. The number of carbonyl (C=O) groups excluding carboxylic acids is 1. The van der Waals surface area contributed by atoms with Crippen molar-refractivity contribution >= 4 is 16.1 Å². The Morgan fingerprint density at radius 1 is 0.976 bits per heavy atom. The second-order valence-electron chi connectivity index (χ2n) is 11.4. The smallest absolute Gasteiger partial charge is 0.410 e. The SMILES string of the molecule is CCN(Cc1ccccc1)C(=O)OC1CCN(C[C@@H]2CC2(CNS(=O)(=O)c2ccccc2C)c2ccccc2)CC1. The molecule has 1 saturated carbocycles. The summed E-state index contributed by atoms with van der Waals surface area (Å²) < 4.78 is 35.2. The number of sulfonamides is 1. The average Bonchev–Trinajstić information content (AvgIpc) is 3.70. The van der Waals surface area contributed by atoms with Gasteiger partial charge in [-0.05, 0) is 61.8 Å². The lowest BCUT2D eigenvalue weighted by atomic mass is 9.93. The van der Waals surface area contributed by atoms with Gasteiger partial charge in [0.1, 0.15) is 6.10 Å². The fourth-order valence-electron chi connectivity index (χ4n) is 6.07. The molecule has 1 saturated heterocycles. The van der Waals surface area contributed by atoms with Gasteiger partial charge in [-0.15, -0.1) is 0 Å². The summed E-state index contributed by atoms with van der Waals surface area (Å²) in [7, 11) is -3.61. The van der Waals surface area contributed by atoms with Gasteiger partial charge in [-0.3, -0.25) is 0 Å². The molecule has 7 nitrogen and oxygen atoms in total. The van der Waals surface area contributed by atoms with E-state index in [1.165, 1.54) is 5.56 Å². The van der Waals surface area contributed by atoms with E-state index in [9.17, 15) is 13.2 Å². The third kappa shape index (κ3) is 7.00. The molecule has 0 radical (unpaired) electrons. The third-order valence-corrected chi connectivity index (χ3v) is 10.2. The standard InChI is InChI=1S/C33H41N3O4S/c1-3-36(23-27-13-6-4-7-14-27)32(37)40-30-18-20-35(21-19-30)24-29-22-33(29,28-15-8-5-9-16-28)25-34-41(38,39)31-17-11-10-12-26(31)2/h4-17,29-30,34H,3,18-25H2,1-2H3/t29-,33?/m0/s1. The van der Waals surface area contributed by atoms with Gasteiger partial charge >= 0.3 is 6.09 Å². The molecule has 3 aromatic carbocycles. The number of benzene rings is 3. The van der Waals surface area contributed by atoms with Crippen LogP contribution < -0.4 is 4.72 Å². The van der Waals surface area contributed by atoms with Crippen LogP contribution in [0.4, 0.5) is 4.79 Å². The summed E-state index contributed by atoms with van der Waals surface area (Å²) >= 11 is 0. The Morgan fingerprint density at radius 3 is 2.27 bits per heavy atom. The Morgan fingerprint density at radius 2 is 1.61 bits per heavy atom. The van der Waals surface area contributed by atoms with Crippen LogP contribution in [0.1, 0.15) is 42.9 Å². The lowest BCUT2D eigenvalue weighted by molar-refractivity contribution is 0.0268. The van der Waals surface area contributed by atoms with Crippen molar-refractivity contribution < 1.29 is 17.9 Å². The number of nitrogens with zero attached hydrogens (tertiary/aromatic N) is 2. The van der Waals surface area contributed by atoms with Crippen LogP contribution in [0.3, 0.4) is 0 Å². The molecule has 41 heavy (non-hydrogen) atoms. The molecule has 0 aromatic heterocycles. The summed E-state index contributed by atoms with van der Waals surface area (Å²) in [5, 5.41) is 0. The normalized spacial score (nSPS) is 21.4. The predicted molar refractivity (Wildman–Crippen MR) is 161 cm³/mol. The molecule has 2 aliphatic rings. The first-order valence-electron chi connectivity index (χ1n) is 14.6. The summed E-state index contributed by atoms with van der Waals surface area (Å²) in [6, 6.07) is 27.4. The number of nitrogens with one attached hydrogen (secondary N) is 1. The van der Waals surface area contributed by atoms with Crippen molar-refractivity contribution in [3.05, 3.63) is 102 Å². The van der Waals surface area contributed by atoms with Crippen molar-refractivity contribution in [1.29, 1.82) is 0 Å². The maximum atomic E-state index is 13.2. The van der Waals surface area contributed by atoms with E-state index in [1.807, 2.05) is 74.5 Å². The topological polar surface area (TPSA) is 79.0 Å². The number of likely N-dealkylation sites (tertiary alicyclic amines) is 1. The van der Waals surface area contributed by atoms with Gasteiger partial charge < -0.3 is 14.5 Å². The van der Waals surface area contributed by atoms with Crippen molar-refractivity contribution in [2.45, 2.75) is 56.1 Å². The number of ether oxygens (including phenoxy) is 1. The Hall–Kier alpha value is -3.20.